The van der Waals surface area contributed by atoms with Crippen LogP contribution in [-0.2, 0) is 9.31 Å². The SMILES string of the molecule is C=C1OB(c2cncc([C@@H]3CCCN3[C@H](C)c3ccc(OC)cc3)c2)OC1(C)C. The zero-order valence-corrected chi connectivity index (χ0v) is 17.7. The zero-order valence-electron chi connectivity index (χ0n) is 17.7. The Labute approximate surface area is 173 Å². The molecule has 152 valence electrons. The van der Waals surface area contributed by atoms with Crippen LogP contribution in [0.25, 0.3) is 0 Å². The molecule has 0 spiro atoms. The maximum atomic E-state index is 6.04. The topological polar surface area (TPSA) is 43.8 Å². The van der Waals surface area contributed by atoms with Gasteiger partial charge in [0, 0.05) is 29.9 Å². The molecular weight excluding hydrogens is 363 g/mol. The lowest BCUT2D eigenvalue weighted by Gasteiger charge is -2.31. The van der Waals surface area contributed by atoms with E-state index < -0.39 is 12.7 Å². The van der Waals surface area contributed by atoms with Crippen molar-refractivity contribution in [3.05, 3.63) is 66.2 Å². The van der Waals surface area contributed by atoms with Gasteiger partial charge < -0.3 is 14.0 Å². The Bertz CT molecular complexity index is 884. The van der Waals surface area contributed by atoms with Gasteiger partial charge in [-0.1, -0.05) is 24.8 Å². The van der Waals surface area contributed by atoms with E-state index >= 15 is 0 Å². The summed E-state index contributed by atoms with van der Waals surface area (Å²) >= 11 is 0. The van der Waals surface area contributed by atoms with Crippen molar-refractivity contribution in [2.45, 2.75) is 51.3 Å². The van der Waals surface area contributed by atoms with Crippen LogP contribution >= 0.6 is 0 Å². The Balaban J connectivity index is 1.55. The van der Waals surface area contributed by atoms with Crippen molar-refractivity contribution < 1.29 is 14.0 Å². The molecule has 1 aromatic heterocycles. The second-order valence-electron chi connectivity index (χ2n) is 8.40. The summed E-state index contributed by atoms with van der Waals surface area (Å²) in [7, 11) is 1.25. The van der Waals surface area contributed by atoms with Crippen LogP contribution in [0.1, 0.15) is 56.8 Å². The van der Waals surface area contributed by atoms with Gasteiger partial charge in [0.2, 0.25) is 0 Å². The summed E-state index contributed by atoms with van der Waals surface area (Å²) in [5.74, 6) is 1.54. The van der Waals surface area contributed by atoms with Crippen LogP contribution in [0.3, 0.4) is 0 Å². The molecular formula is C23H29BN2O3. The largest absolute Gasteiger partial charge is 0.564 e. The van der Waals surface area contributed by atoms with Gasteiger partial charge in [-0.15, -0.1) is 0 Å². The molecule has 0 bridgehead atoms. The lowest BCUT2D eigenvalue weighted by atomic mass is 9.79. The molecule has 2 aromatic rings. The monoisotopic (exact) mass is 392 g/mol. The van der Waals surface area contributed by atoms with E-state index in [9.17, 15) is 0 Å². The van der Waals surface area contributed by atoms with Gasteiger partial charge in [-0.2, -0.15) is 0 Å². The first-order valence-corrected chi connectivity index (χ1v) is 10.3. The summed E-state index contributed by atoms with van der Waals surface area (Å²) in [5, 5.41) is 0. The summed E-state index contributed by atoms with van der Waals surface area (Å²) in [4.78, 5) is 7.06. The Morgan fingerprint density at radius 1 is 1.28 bits per heavy atom. The second-order valence-corrected chi connectivity index (χ2v) is 8.40. The highest BCUT2D eigenvalue weighted by molar-refractivity contribution is 6.62. The molecule has 3 heterocycles. The van der Waals surface area contributed by atoms with E-state index in [2.05, 4.69) is 41.6 Å². The minimum Gasteiger partial charge on any atom is -0.534 e. The fourth-order valence-corrected chi connectivity index (χ4v) is 4.24. The fourth-order valence-electron chi connectivity index (χ4n) is 4.24. The maximum Gasteiger partial charge on any atom is 0.564 e. The predicted molar refractivity (Wildman–Crippen MR) is 115 cm³/mol. The minimum absolute atomic E-state index is 0.315. The number of methoxy groups -OCH3 is 1. The van der Waals surface area contributed by atoms with Gasteiger partial charge in [-0.25, -0.2) is 0 Å². The van der Waals surface area contributed by atoms with Crippen molar-refractivity contribution in [2.75, 3.05) is 13.7 Å². The highest BCUT2D eigenvalue weighted by atomic mass is 16.7. The average Bonchev–Trinajstić information content (AvgIpc) is 3.32. The molecule has 0 amide bonds. The summed E-state index contributed by atoms with van der Waals surface area (Å²) < 4.78 is 17.2. The van der Waals surface area contributed by atoms with Crippen molar-refractivity contribution in [3.8, 4) is 5.75 Å². The molecule has 2 fully saturated rings. The number of benzene rings is 1. The fraction of sp³-hybridized carbons (Fsp3) is 0.435. The number of hydrogen-bond acceptors (Lipinski definition) is 5. The van der Waals surface area contributed by atoms with Gasteiger partial charge in [0.1, 0.15) is 11.4 Å². The molecule has 1 aromatic carbocycles. The number of nitrogens with zero attached hydrogens (tertiary/aromatic N) is 2. The molecule has 2 aliphatic heterocycles. The van der Waals surface area contributed by atoms with Crippen molar-refractivity contribution in [3.63, 3.8) is 0 Å². The van der Waals surface area contributed by atoms with Gasteiger partial charge in [0.25, 0.3) is 0 Å². The first kappa shape index (κ1) is 20.0. The summed E-state index contributed by atoms with van der Waals surface area (Å²) in [6, 6.07) is 11.2. The molecule has 0 saturated carbocycles. The first-order chi connectivity index (χ1) is 13.9. The number of likely N-dealkylation sites (tertiary alicyclic amines) is 1. The van der Waals surface area contributed by atoms with Gasteiger partial charge in [0.05, 0.1) is 12.9 Å². The lowest BCUT2D eigenvalue weighted by Crippen LogP contribution is -2.35. The van der Waals surface area contributed by atoms with Gasteiger partial charge in [-0.05, 0) is 63.4 Å². The second kappa shape index (κ2) is 7.84. The number of hydrogen-bond donors (Lipinski definition) is 0. The number of aromatic nitrogens is 1. The molecule has 2 atom stereocenters. The molecule has 0 unspecified atom stereocenters. The van der Waals surface area contributed by atoms with Crippen molar-refractivity contribution in [2.24, 2.45) is 0 Å². The van der Waals surface area contributed by atoms with E-state index in [1.807, 2.05) is 38.4 Å². The van der Waals surface area contributed by atoms with Gasteiger partial charge >= 0.3 is 7.12 Å². The third kappa shape index (κ3) is 3.92. The van der Waals surface area contributed by atoms with Crippen LogP contribution in [0, 0.1) is 0 Å². The average molecular weight is 392 g/mol. The quantitative estimate of drug-likeness (QED) is 0.719. The van der Waals surface area contributed by atoms with Gasteiger partial charge in [-0.3, -0.25) is 9.88 Å². The van der Waals surface area contributed by atoms with Crippen LogP contribution in [0.4, 0.5) is 0 Å². The van der Waals surface area contributed by atoms with E-state index in [-0.39, 0.29) is 0 Å². The Hall–Kier alpha value is -2.31. The summed E-state index contributed by atoms with van der Waals surface area (Å²) in [5.41, 5.74) is 2.96. The normalized spacial score (nSPS) is 22.6. The highest BCUT2D eigenvalue weighted by Crippen LogP contribution is 2.38. The molecule has 0 N–H and O–H groups in total. The number of ether oxygens (including phenoxy) is 1. The van der Waals surface area contributed by atoms with Crippen LogP contribution in [0.15, 0.2) is 55.1 Å². The Kier molecular flexibility index (Phi) is 5.41. The molecule has 4 rings (SSSR count). The zero-order chi connectivity index (χ0) is 20.6. The standard InChI is InChI=1S/C23H29BN2O3/c1-16(18-8-10-21(27-5)11-9-18)26-12-6-7-22(26)19-13-20(15-25-14-19)24-28-17(2)23(3,4)29-24/h8-11,13-16,22H,2,6-7,12H2,1,3-5H3/t16-,22+/m1/s1. The predicted octanol–water partition coefficient (Wildman–Crippen LogP) is 4.02. The van der Waals surface area contributed by atoms with E-state index in [1.165, 1.54) is 17.5 Å². The van der Waals surface area contributed by atoms with Crippen LogP contribution in [0.2, 0.25) is 0 Å². The first-order valence-electron chi connectivity index (χ1n) is 10.3. The molecule has 5 nitrogen and oxygen atoms in total. The lowest BCUT2D eigenvalue weighted by molar-refractivity contribution is 0.173. The summed E-state index contributed by atoms with van der Waals surface area (Å²) in [6.07, 6.45) is 6.10. The minimum atomic E-state index is -0.483. The molecule has 2 aliphatic rings. The van der Waals surface area contributed by atoms with Crippen molar-refractivity contribution in [1.82, 2.24) is 9.88 Å². The Morgan fingerprint density at radius 2 is 2.03 bits per heavy atom. The summed E-state index contributed by atoms with van der Waals surface area (Å²) in [6.45, 7) is 11.3. The molecule has 0 aliphatic carbocycles. The highest BCUT2D eigenvalue weighted by Gasteiger charge is 2.43. The Morgan fingerprint density at radius 3 is 2.69 bits per heavy atom. The third-order valence-electron chi connectivity index (χ3n) is 6.15. The smallest absolute Gasteiger partial charge is 0.534 e. The van der Waals surface area contributed by atoms with Crippen molar-refractivity contribution >= 4 is 12.6 Å². The molecule has 6 heteroatoms. The molecule has 0 radical (unpaired) electrons. The molecule has 29 heavy (non-hydrogen) atoms. The van der Waals surface area contributed by atoms with Crippen LogP contribution < -0.4 is 10.2 Å². The van der Waals surface area contributed by atoms with E-state index in [1.54, 1.807) is 7.11 Å². The third-order valence-corrected chi connectivity index (χ3v) is 6.15. The van der Waals surface area contributed by atoms with Gasteiger partial charge in [0.15, 0.2) is 0 Å². The van der Waals surface area contributed by atoms with Crippen LogP contribution in [0.5, 0.6) is 5.75 Å². The number of rotatable bonds is 5. The van der Waals surface area contributed by atoms with E-state index in [0.717, 1.165) is 24.2 Å². The number of pyridine rings is 1. The van der Waals surface area contributed by atoms with Crippen molar-refractivity contribution in [1.29, 1.82) is 0 Å². The van der Waals surface area contributed by atoms with Crippen LogP contribution in [-0.4, -0.2) is 36.3 Å². The molecule has 2 saturated heterocycles. The van der Waals surface area contributed by atoms with E-state index in [0.29, 0.717) is 17.8 Å². The maximum absolute atomic E-state index is 6.04. The van der Waals surface area contributed by atoms with E-state index in [4.69, 9.17) is 14.0 Å².